The van der Waals surface area contributed by atoms with Gasteiger partial charge in [0, 0.05) is 24.7 Å². The lowest BCUT2D eigenvalue weighted by atomic mass is 10.1. The molecule has 132 valence electrons. The molecule has 2 N–H and O–H groups in total. The number of nitrogens with zero attached hydrogens (tertiary/aromatic N) is 1. The number of rotatable bonds is 6. The van der Waals surface area contributed by atoms with Gasteiger partial charge in [-0.05, 0) is 54.7 Å². The van der Waals surface area contributed by atoms with E-state index >= 15 is 0 Å². The van der Waals surface area contributed by atoms with Gasteiger partial charge >= 0.3 is 0 Å². The fourth-order valence-corrected chi connectivity index (χ4v) is 3.52. The molecule has 0 aliphatic heterocycles. The fourth-order valence-electron chi connectivity index (χ4n) is 3.52. The summed E-state index contributed by atoms with van der Waals surface area (Å²) in [6.45, 7) is 1.14. The van der Waals surface area contributed by atoms with Crippen LogP contribution in [0, 0.1) is 5.82 Å². The number of hydrogen-bond donors (Lipinski definition) is 1. The minimum Gasteiger partial charge on any atom is -0.335 e. The molecule has 1 aliphatic carbocycles. The van der Waals surface area contributed by atoms with Crippen LogP contribution in [0.25, 0.3) is 0 Å². The summed E-state index contributed by atoms with van der Waals surface area (Å²) in [4.78, 5) is 15.0. The summed E-state index contributed by atoms with van der Waals surface area (Å²) in [6, 6.07) is 14.4. The Morgan fingerprint density at radius 3 is 2.20 bits per heavy atom. The second kappa shape index (κ2) is 8.26. The van der Waals surface area contributed by atoms with Gasteiger partial charge in [-0.25, -0.2) is 4.39 Å². The standard InChI is InChI=1S/C21H25FN2O/c22-19-11-7-16(8-12-19)13-14-24(20-3-1-2-4-20)21(25)18-9-5-17(15-23)6-10-18/h5-12,20H,1-4,13-15,23H2. The van der Waals surface area contributed by atoms with Gasteiger partial charge in [-0.1, -0.05) is 37.1 Å². The van der Waals surface area contributed by atoms with Gasteiger partial charge in [0.2, 0.25) is 0 Å². The average molecular weight is 340 g/mol. The number of halogens is 1. The highest BCUT2D eigenvalue weighted by molar-refractivity contribution is 5.94. The number of amides is 1. The van der Waals surface area contributed by atoms with E-state index in [-0.39, 0.29) is 11.7 Å². The van der Waals surface area contributed by atoms with Crippen molar-refractivity contribution in [1.82, 2.24) is 4.90 Å². The summed E-state index contributed by atoms with van der Waals surface area (Å²) >= 11 is 0. The molecule has 3 rings (SSSR count). The van der Waals surface area contributed by atoms with Crippen molar-refractivity contribution in [2.24, 2.45) is 5.73 Å². The van der Waals surface area contributed by atoms with Crippen molar-refractivity contribution in [1.29, 1.82) is 0 Å². The Morgan fingerprint density at radius 2 is 1.60 bits per heavy atom. The Morgan fingerprint density at radius 1 is 1.00 bits per heavy atom. The third-order valence-corrected chi connectivity index (χ3v) is 5.02. The first-order valence-corrected chi connectivity index (χ1v) is 9.02. The van der Waals surface area contributed by atoms with E-state index in [1.54, 1.807) is 12.1 Å². The molecule has 0 atom stereocenters. The molecule has 2 aromatic carbocycles. The monoisotopic (exact) mass is 340 g/mol. The quantitative estimate of drug-likeness (QED) is 0.866. The molecule has 0 bridgehead atoms. The maximum atomic E-state index is 13.1. The highest BCUT2D eigenvalue weighted by Crippen LogP contribution is 2.25. The first kappa shape index (κ1) is 17.6. The van der Waals surface area contributed by atoms with Gasteiger partial charge in [0.15, 0.2) is 0 Å². The second-order valence-electron chi connectivity index (χ2n) is 6.71. The number of hydrogen-bond acceptors (Lipinski definition) is 2. The minimum atomic E-state index is -0.229. The number of nitrogens with two attached hydrogens (primary N) is 1. The van der Waals surface area contributed by atoms with Crippen LogP contribution in [0.3, 0.4) is 0 Å². The fraction of sp³-hybridized carbons (Fsp3) is 0.381. The average Bonchev–Trinajstić information content (AvgIpc) is 3.18. The Bertz CT molecular complexity index is 691. The maximum absolute atomic E-state index is 13.1. The van der Waals surface area contributed by atoms with Crippen LogP contribution in [0.5, 0.6) is 0 Å². The molecular weight excluding hydrogens is 315 g/mol. The molecule has 3 nitrogen and oxygen atoms in total. The molecule has 1 amide bonds. The van der Waals surface area contributed by atoms with Crippen molar-refractivity contribution in [3.63, 3.8) is 0 Å². The molecule has 25 heavy (non-hydrogen) atoms. The zero-order valence-corrected chi connectivity index (χ0v) is 14.5. The Labute approximate surface area is 148 Å². The normalized spacial score (nSPS) is 14.6. The van der Waals surface area contributed by atoms with Crippen LogP contribution in [0.2, 0.25) is 0 Å². The highest BCUT2D eigenvalue weighted by atomic mass is 19.1. The lowest BCUT2D eigenvalue weighted by molar-refractivity contribution is 0.0684. The summed E-state index contributed by atoms with van der Waals surface area (Å²) in [5.74, 6) is -0.148. The molecular formula is C21H25FN2O. The number of benzene rings is 2. The van der Waals surface area contributed by atoms with Crippen molar-refractivity contribution in [2.45, 2.75) is 44.7 Å². The van der Waals surface area contributed by atoms with E-state index in [1.165, 1.54) is 25.0 Å². The predicted octanol–water partition coefficient (Wildman–Crippen LogP) is 3.91. The number of carbonyl (C=O) groups is 1. The van der Waals surface area contributed by atoms with Crippen molar-refractivity contribution < 1.29 is 9.18 Å². The van der Waals surface area contributed by atoms with Crippen molar-refractivity contribution in [3.05, 3.63) is 71.0 Å². The molecule has 0 unspecified atom stereocenters. The van der Waals surface area contributed by atoms with Gasteiger partial charge in [-0.2, -0.15) is 0 Å². The predicted molar refractivity (Wildman–Crippen MR) is 97.7 cm³/mol. The first-order chi connectivity index (χ1) is 12.2. The number of carbonyl (C=O) groups excluding carboxylic acids is 1. The van der Waals surface area contributed by atoms with Crippen molar-refractivity contribution in [3.8, 4) is 0 Å². The van der Waals surface area contributed by atoms with Gasteiger partial charge in [0.1, 0.15) is 5.82 Å². The lowest BCUT2D eigenvalue weighted by Crippen LogP contribution is -2.40. The molecule has 0 aromatic heterocycles. The van der Waals surface area contributed by atoms with E-state index < -0.39 is 0 Å². The zero-order chi connectivity index (χ0) is 17.6. The molecule has 1 saturated carbocycles. The third kappa shape index (κ3) is 4.45. The maximum Gasteiger partial charge on any atom is 0.254 e. The van der Waals surface area contributed by atoms with Crippen LogP contribution in [0.4, 0.5) is 4.39 Å². The molecule has 0 spiro atoms. The molecule has 1 fully saturated rings. The second-order valence-corrected chi connectivity index (χ2v) is 6.71. The van der Waals surface area contributed by atoms with E-state index in [0.717, 1.165) is 30.4 Å². The summed E-state index contributed by atoms with van der Waals surface area (Å²) in [6.07, 6.45) is 5.23. The lowest BCUT2D eigenvalue weighted by Gasteiger charge is -2.29. The molecule has 0 heterocycles. The first-order valence-electron chi connectivity index (χ1n) is 9.02. The van der Waals surface area contributed by atoms with Gasteiger partial charge in [-0.15, -0.1) is 0 Å². The third-order valence-electron chi connectivity index (χ3n) is 5.02. The van der Waals surface area contributed by atoms with Crippen LogP contribution in [-0.4, -0.2) is 23.4 Å². The van der Waals surface area contributed by atoms with Crippen LogP contribution in [-0.2, 0) is 13.0 Å². The summed E-state index contributed by atoms with van der Waals surface area (Å²) in [5.41, 5.74) is 8.42. The highest BCUT2D eigenvalue weighted by Gasteiger charge is 2.27. The topological polar surface area (TPSA) is 46.3 Å². The van der Waals surface area contributed by atoms with E-state index in [0.29, 0.717) is 24.7 Å². The van der Waals surface area contributed by atoms with Crippen molar-refractivity contribution >= 4 is 5.91 Å². The minimum absolute atomic E-state index is 0.0811. The Balaban J connectivity index is 1.73. The Hall–Kier alpha value is -2.20. The Kier molecular flexibility index (Phi) is 5.82. The molecule has 4 heteroatoms. The molecule has 0 saturated heterocycles. The zero-order valence-electron chi connectivity index (χ0n) is 14.5. The van der Waals surface area contributed by atoms with E-state index in [1.807, 2.05) is 29.2 Å². The summed E-state index contributed by atoms with van der Waals surface area (Å²) in [7, 11) is 0. The molecule has 2 aromatic rings. The largest absolute Gasteiger partial charge is 0.335 e. The molecule has 1 aliphatic rings. The van der Waals surface area contributed by atoms with Crippen LogP contribution in [0.1, 0.15) is 47.2 Å². The van der Waals surface area contributed by atoms with Crippen LogP contribution in [0.15, 0.2) is 48.5 Å². The van der Waals surface area contributed by atoms with E-state index in [9.17, 15) is 9.18 Å². The van der Waals surface area contributed by atoms with Gasteiger partial charge in [0.25, 0.3) is 5.91 Å². The van der Waals surface area contributed by atoms with Gasteiger partial charge in [-0.3, -0.25) is 4.79 Å². The smallest absolute Gasteiger partial charge is 0.254 e. The molecule has 0 radical (unpaired) electrons. The SMILES string of the molecule is NCc1ccc(C(=O)N(CCc2ccc(F)cc2)C2CCCC2)cc1. The summed E-state index contributed by atoms with van der Waals surface area (Å²) < 4.78 is 13.1. The van der Waals surface area contributed by atoms with E-state index in [2.05, 4.69) is 0 Å². The van der Waals surface area contributed by atoms with Crippen LogP contribution < -0.4 is 5.73 Å². The van der Waals surface area contributed by atoms with Gasteiger partial charge < -0.3 is 10.6 Å². The van der Waals surface area contributed by atoms with Gasteiger partial charge in [0.05, 0.1) is 0 Å². The van der Waals surface area contributed by atoms with Crippen LogP contribution >= 0.6 is 0 Å². The summed E-state index contributed by atoms with van der Waals surface area (Å²) in [5, 5.41) is 0. The van der Waals surface area contributed by atoms with Crippen molar-refractivity contribution in [2.75, 3.05) is 6.54 Å². The van der Waals surface area contributed by atoms with E-state index in [4.69, 9.17) is 5.73 Å².